The lowest BCUT2D eigenvalue weighted by atomic mass is 10.0. The van der Waals surface area contributed by atoms with Crippen LogP contribution < -0.4 is 0 Å². The van der Waals surface area contributed by atoms with Crippen LogP contribution in [0.1, 0.15) is 16.7 Å². The second kappa shape index (κ2) is 6.48. The van der Waals surface area contributed by atoms with Crippen LogP contribution in [0.25, 0.3) is 0 Å². The van der Waals surface area contributed by atoms with Crippen LogP contribution >= 0.6 is 11.6 Å². The van der Waals surface area contributed by atoms with E-state index in [2.05, 4.69) is 0 Å². The van der Waals surface area contributed by atoms with E-state index in [4.69, 9.17) is 17.0 Å². The molecule has 0 amide bonds. The lowest BCUT2D eigenvalue weighted by Gasteiger charge is -2.11. The van der Waals surface area contributed by atoms with Crippen LogP contribution in [0, 0.1) is 11.2 Å². The molecule has 0 heterocycles. The fourth-order valence-corrected chi connectivity index (χ4v) is 2.28. The van der Waals surface area contributed by atoms with Crippen molar-refractivity contribution in [1.82, 2.24) is 0 Å². The topological polar surface area (TPSA) is 23.9 Å². The summed E-state index contributed by atoms with van der Waals surface area (Å²) in [5.74, 6) is -0.372. The van der Waals surface area contributed by atoms with E-state index in [1.807, 2.05) is 0 Å². The summed E-state index contributed by atoms with van der Waals surface area (Å²) < 4.78 is 51.1. The van der Waals surface area contributed by atoms with Gasteiger partial charge in [-0.15, -0.1) is 0 Å². The molecule has 0 aromatic heterocycles. The van der Waals surface area contributed by atoms with Gasteiger partial charge in [0.2, 0.25) is 0 Å². The van der Waals surface area contributed by atoms with Gasteiger partial charge in [0, 0.05) is 18.6 Å². The molecule has 22 heavy (non-hydrogen) atoms. The average molecular weight is 330 g/mol. The number of nitrogens with one attached hydrogen (secondary N) is 1. The van der Waals surface area contributed by atoms with Crippen LogP contribution in [-0.2, 0) is 19.0 Å². The quantitative estimate of drug-likeness (QED) is 0.581. The lowest BCUT2D eigenvalue weighted by Crippen LogP contribution is -2.09. The SMILES string of the molecule is N=C(Cc1ccc(F)cc1)Cc1ccc(Cl)c(C(F)(F)F)c1. The summed E-state index contributed by atoms with van der Waals surface area (Å²) in [6, 6.07) is 9.28. The maximum Gasteiger partial charge on any atom is 0.417 e. The van der Waals surface area contributed by atoms with Crippen LogP contribution in [-0.4, -0.2) is 5.71 Å². The molecule has 116 valence electrons. The molecule has 2 aromatic carbocycles. The number of hydrogen-bond donors (Lipinski definition) is 1. The molecular formula is C16H12ClF4N. The molecule has 0 saturated carbocycles. The van der Waals surface area contributed by atoms with Crippen LogP contribution in [0.2, 0.25) is 5.02 Å². The van der Waals surface area contributed by atoms with Crippen molar-refractivity contribution in [3.05, 3.63) is 70.0 Å². The van der Waals surface area contributed by atoms with E-state index in [0.29, 0.717) is 5.56 Å². The zero-order valence-corrected chi connectivity index (χ0v) is 12.1. The van der Waals surface area contributed by atoms with Crippen LogP contribution in [0.15, 0.2) is 42.5 Å². The maximum atomic E-state index is 12.8. The number of alkyl halides is 3. The van der Waals surface area contributed by atoms with Gasteiger partial charge in [0.15, 0.2) is 0 Å². The first-order valence-corrected chi connectivity index (χ1v) is 6.80. The second-order valence-corrected chi connectivity index (χ2v) is 5.30. The molecule has 0 aliphatic heterocycles. The van der Waals surface area contributed by atoms with Gasteiger partial charge in [0.1, 0.15) is 5.82 Å². The summed E-state index contributed by atoms with van der Waals surface area (Å²) in [5.41, 5.74) is 0.434. The van der Waals surface area contributed by atoms with Gasteiger partial charge in [-0.2, -0.15) is 13.2 Å². The van der Waals surface area contributed by atoms with Gasteiger partial charge in [-0.05, 0) is 35.4 Å². The molecule has 6 heteroatoms. The molecule has 1 N–H and O–H groups in total. The third kappa shape index (κ3) is 4.31. The molecule has 0 radical (unpaired) electrons. The summed E-state index contributed by atoms with van der Waals surface area (Å²) in [4.78, 5) is 0. The molecule has 0 spiro atoms. The number of halogens is 5. The standard InChI is InChI=1S/C16H12ClF4N/c17-15-6-3-11(9-14(15)16(19,20)21)8-13(22)7-10-1-4-12(18)5-2-10/h1-6,9,22H,7-8H2. The van der Waals surface area contributed by atoms with Crippen molar-refractivity contribution in [2.45, 2.75) is 19.0 Å². The Balaban J connectivity index is 2.10. The Labute approximate surface area is 130 Å². The highest BCUT2D eigenvalue weighted by Crippen LogP contribution is 2.35. The zero-order valence-electron chi connectivity index (χ0n) is 11.3. The molecule has 0 bridgehead atoms. The first-order valence-electron chi connectivity index (χ1n) is 6.42. The summed E-state index contributed by atoms with van der Waals surface area (Å²) in [7, 11) is 0. The third-order valence-corrected chi connectivity index (χ3v) is 3.41. The number of hydrogen-bond acceptors (Lipinski definition) is 1. The molecule has 0 aliphatic carbocycles. The molecule has 2 aromatic rings. The van der Waals surface area contributed by atoms with E-state index < -0.39 is 11.7 Å². The van der Waals surface area contributed by atoms with E-state index in [1.54, 1.807) is 12.1 Å². The van der Waals surface area contributed by atoms with Gasteiger partial charge in [-0.1, -0.05) is 29.8 Å². The molecular weight excluding hydrogens is 318 g/mol. The van der Waals surface area contributed by atoms with E-state index >= 15 is 0 Å². The fourth-order valence-electron chi connectivity index (χ4n) is 2.06. The Morgan fingerprint density at radius 1 is 0.955 bits per heavy atom. The smallest absolute Gasteiger partial charge is 0.309 e. The first-order chi connectivity index (χ1) is 10.3. The minimum Gasteiger partial charge on any atom is -0.309 e. The second-order valence-electron chi connectivity index (χ2n) is 4.90. The van der Waals surface area contributed by atoms with Gasteiger partial charge in [-0.25, -0.2) is 4.39 Å². The highest BCUT2D eigenvalue weighted by molar-refractivity contribution is 6.31. The van der Waals surface area contributed by atoms with Crippen molar-refractivity contribution < 1.29 is 17.6 Å². The van der Waals surface area contributed by atoms with Gasteiger partial charge in [-0.3, -0.25) is 0 Å². The van der Waals surface area contributed by atoms with Crippen LogP contribution in [0.5, 0.6) is 0 Å². The summed E-state index contributed by atoms with van der Waals surface area (Å²) >= 11 is 5.55. The van der Waals surface area contributed by atoms with Crippen molar-refractivity contribution >= 4 is 17.3 Å². The Bertz CT molecular complexity index is 678. The van der Waals surface area contributed by atoms with Crippen LogP contribution in [0.4, 0.5) is 17.6 Å². The molecule has 0 fully saturated rings. The van der Waals surface area contributed by atoms with Gasteiger partial charge < -0.3 is 5.41 Å². The van der Waals surface area contributed by atoms with E-state index in [0.717, 1.165) is 11.6 Å². The first kappa shape index (κ1) is 16.5. The van der Waals surface area contributed by atoms with Crippen molar-refractivity contribution in [2.24, 2.45) is 0 Å². The molecule has 0 atom stereocenters. The molecule has 0 saturated heterocycles. The Hall–Kier alpha value is -1.88. The summed E-state index contributed by atoms with van der Waals surface area (Å²) in [6.07, 6.45) is -4.19. The van der Waals surface area contributed by atoms with Crippen molar-refractivity contribution in [1.29, 1.82) is 5.41 Å². The van der Waals surface area contributed by atoms with Gasteiger partial charge in [0.25, 0.3) is 0 Å². The van der Waals surface area contributed by atoms with E-state index in [1.165, 1.54) is 24.3 Å². The molecule has 1 nitrogen and oxygen atoms in total. The maximum absolute atomic E-state index is 12.8. The molecule has 2 rings (SSSR count). The summed E-state index contributed by atoms with van der Waals surface area (Å²) in [6.45, 7) is 0. The highest BCUT2D eigenvalue weighted by atomic mass is 35.5. The van der Waals surface area contributed by atoms with Crippen molar-refractivity contribution in [3.8, 4) is 0 Å². The largest absolute Gasteiger partial charge is 0.417 e. The average Bonchev–Trinajstić information content (AvgIpc) is 2.42. The Morgan fingerprint density at radius 2 is 1.50 bits per heavy atom. The third-order valence-electron chi connectivity index (χ3n) is 3.08. The van der Waals surface area contributed by atoms with Crippen molar-refractivity contribution in [2.75, 3.05) is 0 Å². The zero-order chi connectivity index (χ0) is 16.3. The normalized spacial score (nSPS) is 11.5. The predicted octanol–water partition coefficient (Wildman–Crippen LogP) is 5.30. The Kier molecular flexibility index (Phi) is 4.86. The highest BCUT2D eigenvalue weighted by Gasteiger charge is 2.33. The Morgan fingerprint density at radius 3 is 2.09 bits per heavy atom. The lowest BCUT2D eigenvalue weighted by molar-refractivity contribution is -0.137. The minimum atomic E-state index is -4.52. The van der Waals surface area contributed by atoms with Gasteiger partial charge >= 0.3 is 6.18 Å². The summed E-state index contributed by atoms with van der Waals surface area (Å²) in [5, 5.41) is 7.53. The fraction of sp³-hybridized carbons (Fsp3) is 0.188. The molecule has 0 unspecified atom stereocenters. The van der Waals surface area contributed by atoms with Crippen LogP contribution in [0.3, 0.4) is 0 Å². The van der Waals surface area contributed by atoms with E-state index in [9.17, 15) is 17.6 Å². The number of rotatable bonds is 4. The minimum absolute atomic E-state index is 0.0810. The monoisotopic (exact) mass is 329 g/mol. The predicted molar refractivity (Wildman–Crippen MR) is 78.0 cm³/mol. The van der Waals surface area contributed by atoms with Gasteiger partial charge in [0.05, 0.1) is 10.6 Å². The number of benzene rings is 2. The molecule has 0 aliphatic rings. The van der Waals surface area contributed by atoms with Crippen molar-refractivity contribution in [3.63, 3.8) is 0 Å². The van der Waals surface area contributed by atoms with E-state index in [-0.39, 0.29) is 29.4 Å².